The minimum Gasteiger partial charge on any atom is -0.410 e. The summed E-state index contributed by atoms with van der Waals surface area (Å²) in [7, 11) is 0. The number of nitrogens with zero attached hydrogens (tertiary/aromatic N) is 1. The lowest BCUT2D eigenvalue weighted by Crippen LogP contribution is -2.25. The van der Waals surface area contributed by atoms with Gasteiger partial charge in [0.1, 0.15) is 10.8 Å². The van der Waals surface area contributed by atoms with Crippen LogP contribution in [0.5, 0.6) is 5.75 Å². The number of nitrogens with one attached hydrogen (secondary N) is 1. The first kappa shape index (κ1) is 15.0. The number of amides is 1. The van der Waals surface area contributed by atoms with Crippen LogP contribution in [-0.2, 0) is 5.41 Å². The molecule has 0 spiro atoms. The molecule has 1 fully saturated rings. The van der Waals surface area contributed by atoms with Gasteiger partial charge in [0.2, 0.25) is 0 Å². The van der Waals surface area contributed by atoms with E-state index in [1.54, 1.807) is 12.1 Å². The molecule has 1 aliphatic carbocycles. The second-order valence-electron chi connectivity index (χ2n) is 6.03. The van der Waals surface area contributed by atoms with E-state index in [1.165, 1.54) is 43.6 Å². The Labute approximate surface area is 134 Å². The van der Waals surface area contributed by atoms with Crippen molar-refractivity contribution >= 4 is 22.6 Å². The van der Waals surface area contributed by atoms with Crippen LogP contribution in [0.2, 0.25) is 0 Å². The molecule has 1 aliphatic rings. The number of benzene rings is 1. The van der Waals surface area contributed by atoms with Gasteiger partial charge in [-0.15, -0.1) is 0 Å². The lowest BCUT2D eigenvalue weighted by molar-refractivity contribution is 0.215. The van der Waals surface area contributed by atoms with E-state index in [2.05, 4.69) is 16.6 Å². The maximum Gasteiger partial charge on any atom is 0.417 e. The van der Waals surface area contributed by atoms with Crippen LogP contribution in [-0.4, -0.2) is 10.5 Å². The van der Waals surface area contributed by atoms with Gasteiger partial charge < -0.3 is 4.74 Å². The summed E-state index contributed by atoms with van der Waals surface area (Å²) in [4.78, 5) is 11.9. The monoisotopic (exact) mass is 316 g/mol. The highest BCUT2D eigenvalue weighted by molar-refractivity contribution is 7.10. The van der Waals surface area contributed by atoms with Crippen LogP contribution in [0.3, 0.4) is 0 Å². The van der Waals surface area contributed by atoms with E-state index in [-0.39, 0.29) is 5.41 Å². The van der Waals surface area contributed by atoms with E-state index in [0.717, 1.165) is 10.7 Å². The Kier molecular flexibility index (Phi) is 4.43. The number of para-hydroxylation sites is 1. The number of hydrogen-bond donors (Lipinski definition) is 1. The fourth-order valence-corrected chi connectivity index (χ4v) is 3.69. The van der Waals surface area contributed by atoms with Crippen LogP contribution in [0.1, 0.15) is 44.7 Å². The third kappa shape index (κ3) is 3.47. The van der Waals surface area contributed by atoms with E-state index in [1.807, 2.05) is 24.3 Å². The van der Waals surface area contributed by atoms with Gasteiger partial charge in [-0.05, 0) is 42.6 Å². The summed E-state index contributed by atoms with van der Waals surface area (Å²) < 4.78 is 9.77. The van der Waals surface area contributed by atoms with Crippen LogP contribution in [0.4, 0.5) is 9.80 Å². The minimum atomic E-state index is -0.477. The summed E-state index contributed by atoms with van der Waals surface area (Å²) in [6.45, 7) is 2.27. The molecule has 1 N–H and O–H groups in total. The molecule has 1 amide bonds. The molecule has 116 valence electrons. The van der Waals surface area contributed by atoms with Gasteiger partial charge in [0.15, 0.2) is 0 Å². The third-order valence-corrected chi connectivity index (χ3v) is 4.97. The van der Waals surface area contributed by atoms with Crippen molar-refractivity contribution in [3.63, 3.8) is 0 Å². The molecule has 1 aromatic carbocycles. The van der Waals surface area contributed by atoms with Gasteiger partial charge in [0.05, 0.1) is 5.69 Å². The zero-order valence-electron chi connectivity index (χ0n) is 12.7. The Balaban J connectivity index is 1.63. The predicted molar refractivity (Wildman–Crippen MR) is 88.6 cm³/mol. The quantitative estimate of drug-likeness (QED) is 0.869. The van der Waals surface area contributed by atoms with Crippen LogP contribution >= 0.6 is 11.5 Å². The topological polar surface area (TPSA) is 51.2 Å². The number of carbonyl (C=O) groups excluding carboxylic acids is 1. The van der Waals surface area contributed by atoms with Crippen molar-refractivity contribution in [2.45, 2.75) is 44.4 Å². The molecule has 3 rings (SSSR count). The molecule has 0 bridgehead atoms. The Morgan fingerprint density at radius 1 is 1.23 bits per heavy atom. The highest BCUT2D eigenvalue weighted by atomic mass is 32.1. The van der Waals surface area contributed by atoms with Gasteiger partial charge in [-0.3, -0.25) is 5.32 Å². The van der Waals surface area contributed by atoms with Crippen molar-refractivity contribution in [2.75, 3.05) is 5.32 Å². The van der Waals surface area contributed by atoms with Gasteiger partial charge in [0.25, 0.3) is 0 Å². The average molecular weight is 316 g/mol. The Hall–Kier alpha value is -1.88. The summed E-state index contributed by atoms with van der Waals surface area (Å²) >= 11 is 1.32. The summed E-state index contributed by atoms with van der Waals surface area (Å²) in [5.74, 6) is 0.531. The summed E-state index contributed by atoms with van der Waals surface area (Å²) in [6, 6.07) is 11.0. The Morgan fingerprint density at radius 2 is 1.95 bits per heavy atom. The first-order valence-electron chi connectivity index (χ1n) is 7.67. The molecular weight excluding hydrogens is 296 g/mol. The smallest absolute Gasteiger partial charge is 0.410 e. The van der Waals surface area contributed by atoms with Crippen molar-refractivity contribution in [3.8, 4) is 5.75 Å². The SMILES string of the molecule is CC1(c2cc(NC(=O)Oc3ccccc3)sn2)CCCCC1. The van der Waals surface area contributed by atoms with Crippen LogP contribution in [0.25, 0.3) is 0 Å². The van der Waals surface area contributed by atoms with Gasteiger partial charge >= 0.3 is 6.09 Å². The zero-order chi connectivity index (χ0) is 15.4. The molecule has 0 saturated heterocycles. The van der Waals surface area contributed by atoms with E-state index in [9.17, 15) is 4.79 Å². The average Bonchev–Trinajstić information content (AvgIpc) is 2.98. The maximum atomic E-state index is 11.9. The second kappa shape index (κ2) is 6.48. The largest absolute Gasteiger partial charge is 0.417 e. The Morgan fingerprint density at radius 3 is 2.68 bits per heavy atom. The number of hydrogen-bond acceptors (Lipinski definition) is 4. The molecule has 5 heteroatoms. The molecular formula is C17H20N2O2S. The number of aromatic nitrogens is 1. The fraction of sp³-hybridized carbons (Fsp3) is 0.412. The van der Waals surface area contributed by atoms with Crippen molar-refractivity contribution in [2.24, 2.45) is 0 Å². The molecule has 2 aromatic rings. The fourth-order valence-electron chi connectivity index (χ4n) is 2.93. The number of ether oxygens (including phenoxy) is 1. The van der Waals surface area contributed by atoms with Gasteiger partial charge in [0, 0.05) is 5.41 Å². The maximum absolute atomic E-state index is 11.9. The van der Waals surface area contributed by atoms with Gasteiger partial charge in [-0.2, -0.15) is 4.37 Å². The van der Waals surface area contributed by atoms with Gasteiger partial charge in [-0.1, -0.05) is 44.4 Å². The molecule has 0 aliphatic heterocycles. The molecule has 0 atom stereocenters. The van der Waals surface area contributed by atoms with E-state index in [4.69, 9.17) is 4.74 Å². The number of carbonyl (C=O) groups is 1. The summed E-state index contributed by atoms with van der Waals surface area (Å²) in [5, 5.41) is 3.50. The first-order valence-corrected chi connectivity index (χ1v) is 8.44. The van der Waals surface area contributed by atoms with E-state index in [0.29, 0.717) is 5.75 Å². The standard InChI is InChI=1S/C17H20N2O2S/c1-17(10-6-3-7-11-17)14-12-15(22-19-14)18-16(20)21-13-8-4-2-5-9-13/h2,4-5,8-9,12H,3,6-7,10-11H2,1H3,(H,18,20). The summed E-state index contributed by atoms with van der Waals surface area (Å²) in [6.07, 6.45) is 5.69. The number of rotatable bonds is 3. The first-order chi connectivity index (χ1) is 10.7. The molecule has 1 saturated carbocycles. The molecule has 1 heterocycles. The van der Waals surface area contributed by atoms with Crippen LogP contribution < -0.4 is 10.1 Å². The van der Waals surface area contributed by atoms with Crippen molar-refractivity contribution < 1.29 is 9.53 Å². The molecule has 22 heavy (non-hydrogen) atoms. The van der Waals surface area contributed by atoms with Crippen molar-refractivity contribution in [1.82, 2.24) is 4.37 Å². The van der Waals surface area contributed by atoms with E-state index < -0.39 is 6.09 Å². The van der Waals surface area contributed by atoms with Crippen molar-refractivity contribution in [3.05, 3.63) is 42.1 Å². The second-order valence-corrected chi connectivity index (χ2v) is 6.83. The lowest BCUT2D eigenvalue weighted by atomic mass is 9.73. The van der Waals surface area contributed by atoms with Crippen LogP contribution in [0, 0.1) is 0 Å². The Bertz CT molecular complexity index is 633. The molecule has 1 aromatic heterocycles. The predicted octanol–water partition coefficient (Wildman–Crippen LogP) is 4.98. The van der Waals surface area contributed by atoms with E-state index >= 15 is 0 Å². The van der Waals surface area contributed by atoms with Crippen molar-refractivity contribution in [1.29, 1.82) is 0 Å². The lowest BCUT2D eigenvalue weighted by Gasteiger charge is -2.31. The number of anilines is 1. The normalized spacial score (nSPS) is 17.0. The zero-order valence-corrected chi connectivity index (χ0v) is 13.5. The third-order valence-electron chi connectivity index (χ3n) is 4.26. The summed E-state index contributed by atoms with van der Waals surface area (Å²) in [5.41, 5.74) is 1.24. The highest BCUT2D eigenvalue weighted by Gasteiger charge is 2.31. The van der Waals surface area contributed by atoms with Gasteiger partial charge in [-0.25, -0.2) is 4.79 Å². The molecule has 4 nitrogen and oxygen atoms in total. The highest BCUT2D eigenvalue weighted by Crippen LogP contribution is 2.39. The molecule has 0 unspecified atom stereocenters. The van der Waals surface area contributed by atoms with Crippen LogP contribution in [0.15, 0.2) is 36.4 Å². The molecule has 0 radical (unpaired) electrons. The minimum absolute atomic E-state index is 0.151.